The molecule has 0 aliphatic carbocycles. The molecule has 0 radical (unpaired) electrons. The fourth-order valence-corrected chi connectivity index (χ4v) is 10.2. The summed E-state index contributed by atoms with van der Waals surface area (Å²) in [5.41, 5.74) is 2.75. The van der Waals surface area contributed by atoms with E-state index in [2.05, 4.69) is 22.5 Å². The third kappa shape index (κ3) is 4.73. The van der Waals surface area contributed by atoms with Crippen LogP contribution in [0.1, 0.15) is 44.7 Å². The number of nitrogens with zero attached hydrogens (tertiary/aromatic N) is 2. The van der Waals surface area contributed by atoms with Gasteiger partial charge < -0.3 is 19.6 Å². The lowest BCUT2D eigenvalue weighted by molar-refractivity contribution is -0.154. The molecule has 3 saturated heterocycles. The van der Waals surface area contributed by atoms with Gasteiger partial charge in [-0.15, -0.1) is 18.3 Å². The van der Waals surface area contributed by atoms with Crippen molar-refractivity contribution < 1.29 is 24.2 Å². The fourth-order valence-electron chi connectivity index (χ4n) is 6.66. The second-order valence-electron chi connectivity index (χ2n) is 11.2. The van der Waals surface area contributed by atoms with Gasteiger partial charge in [0, 0.05) is 22.3 Å². The first-order valence-corrected chi connectivity index (χ1v) is 15.2. The Morgan fingerprint density at radius 2 is 2.08 bits per heavy atom. The Bertz CT molecular complexity index is 1110. The lowest BCUT2D eigenvalue weighted by atomic mass is 9.71. The van der Waals surface area contributed by atoms with Crippen LogP contribution in [0.25, 0.3) is 0 Å². The first-order valence-electron chi connectivity index (χ1n) is 13.4. The number of ether oxygens (including phenoxy) is 1. The van der Waals surface area contributed by atoms with E-state index >= 15 is 0 Å². The van der Waals surface area contributed by atoms with Crippen LogP contribution >= 0.6 is 27.7 Å². The van der Waals surface area contributed by atoms with Crippen LogP contribution in [0.4, 0.5) is 5.69 Å². The number of fused-ring (bicyclic) bond motifs is 1. The number of halogens is 1. The number of anilines is 1. The first-order chi connectivity index (χ1) is 18.0. The van der Waals surface area contributed by atoms with E-state index in [0.717, 1.165) is 16.8 Å². The molecule has 1 spiro atoms. The lowest BCUT2D eigenvalue weighted by Gasteiger charge is -2.40. The Balaban J connectivity index is 1.87. The molecule has 4 rings (SSSR count). The molecule has 3 heterocycles. The maximum absolute atomic E-state index is 14.8. The van der Waals surface area contributed by atoms with Gasteiger partial charge in [-0.2, -0.15) is 0 Å². The number of amides is 2. The van der Waals surface area contributed by atoms with E-state index in [1.165, 1.54) is 0 Å². The van der Waals surface area contributed by atoms with Crippen molar-refractivity contribution in [1.29, 1.82) is 0 Å². The van der Waals surface area contributed by atoms with Gasteiger partial charge in [0.05, 0.1) is 35.8 Å². The average molecular weight is 608 g/mol. The number of thioether (sulfide) groups is 1. The molecule has 2 amide bonds. The van der Waals surface area contributed by atoms with Gasteiger partial charge in [-0.1, -0.05) is 48.0 Å². The molecule has 1 N–H and O–H groups in total. The first kappa shape index (κ1) is 29.2. The minimum Gasteiger partial charge on any atom is -0.466 e. The van der Waals surface area contributed by atoms with E-state index in [9.17, 15) is 19.5 Å². The SMILES string of the molecule is C=CCN(C(=O)C1N([C@@H](CO)CC(C)C)C(=O)[C@@H]2[C@H](C(=O)OCC)[C@H]3SC12CC3Br)c1cc(C)ccc1C. The van der Waals surface area contributed by atoms with Crippen molar-refractivity contribution in [3.8, 4) is 0 Å². The monoisotopic (exact) mass is 606 g/mol. The van der Waals surface area contributed by atoms with Gasteiger partial charge in [-0.25, -0.2) is 0 Å². The molecule has 38 heavy (non-hydrogen) atoms. The van der Waals surface area contributed by atoms with Crippen molar-refractivity contribution in [2.24, 2.45) is 17.8 Å². The summed E-state index contributed by atoms with van der Waals surface area (Å²) in [5, 5.41) is 10.3. The van der Waals surface area contributed by atoms with Crippen molar-refractivity contribution in [2.75, 3.05) is 24.7 Å². The number of aryl methyl sites for hydroxylation is 2. The standard InChI is InChI=1S/C29H39BrN2O5S/c1-7-11-31(21-13-17(5)9-10-18(21)6)27(35)25-29-14-20(30)24(38-29)22(28(36)37-8-2)23(29)26(34)32(25)19(15-33)12-16(3)4/h7,9-10,13,16,19-20,22-25,33H,1,8,11-12,14-15H2,2-6H3/t19-,20?,22+,23+,24+,25?,29?/m1/s1. The number of carbonyl (C=O) groups is 3. The minimum atomic E-state index is -0.828. The lowest BCUT2D eigenvalue weighted by Crippen LogP contribution is -2.58. The van der Waals surface area contributed by atoms with Gasteiger partial charge in [0.2, 0.25) is 5.91 Å². The maximum Gasteiger partial charge on any atom is 0.310 e. The number of aliphatic hydroxyl groups is 1. The van der Waals surface area contributed by atoms with Crippen molar-refractivity contribution in [1.82, 2.24) is 4.90 Å². The van der Waals surface area contributed by atoms with Crippen LogP contribution in [0.5, 0.6) is 0 Å². The minimum absolute atomic E-state index is 0.0348. The summed E-state index contributed by atoms with van der Waals surface area (Å²) in [6.45, 7) is 13.9. The summed E-state index contributed by atoms with van der Waals surface area (Å²) in [4.78, 5) is 45.6. The Morgan fingerprint density at radius 1 is 1.37 bits per heavy atom. The molecular weight excluding hydrogens is 568 g/mol. The second kappa shape index (κ2) is 11.3. The summed E-state index contributed by atoms with van der Waals surface area (Å²) in [5.74, 6) is -1.93. The normalized spacial score (nSPS) is 30.5. The molecule has 9 heteroatoms. The Labute approximate surface area is 238 Å². The smallest absolute Gasteiger partial charge is 0.310 e. The molecule has 0 aromatic heterocycles. The highest BCUT2D eigenvalue weighted by molar-refractivity contribution is 9.09. The summed E-state index contributed by atoms with van der Waals surface area (Å²) in [7, 11) is 0. The number of alkyl halides is 1. The van der Waals surface area contributed by atoms with E-state index in [1.54, 1.807) is 34.6 Å². The summed E-state index contributed by atoms with van der Waals surface area (Å²) < 4.78 is 4.65. The molecule has 3 aliphatic heterocycles. The molecule has 3 aliphatic rings. The number of likely N-dealkylation sites (tertiary alicyclic amines) is 1. The summed E-state index contributed by atoms with van der Waals surface area (Å²) >= 11 is 5.37. The van der Waals surface area contributed by atoms with E-state index in [4.69, 9.17) is 4.74 Å². The molecular formula is C29H39BrN2O5S. The predicted molar refractivity (Wildman–Crippen MR) is 154 cm³/mol. The third-order valence-electron chi connectivity index (χ3n) is 8.10. The molecule has 7 atom stereocenters. The predicted octanol–water partition coefficient (Wildman–Crippen LogP) is 4.26. The Kier molecular flexibility index (Phi) is 8.70. The highest BCUT2D eigenvalue weighted by Crippen LogP contribution is 2.68. The molecule has 2 bridgehead atoms. The number of hydrogen-bond donors (Lipinski definition) is 1. The van der Waals surface area contributed by atoms with Crippen molar-refractivity contribution in [2.45, 2.75) is 74.4 Å². The fraction of sp³-hybridized carbons (Fsp3) is 0.621. The van der Waals surface area contributed by atoms with Crippen LogP contribution in [-0.4, -0.2) is 74.5 Å². The number of rotatable bonds is 10. The third-order valence-corrected chi connectivity index (χ3v) is 11.3. The van der Waals surface area contributed by atoms with Gasteiger partial charge in [0.25, 0.3) is 5.91 Å². The van der Waals surface area contributed by atoms with Crippen LogP contribution in [0.3, 0.4) is 0 Å². The van der Waals surface area contributed by atoms with Crippen LogP contribution in [0.2, 0.25) is 0 Å². The zero-order valence-electron chi connectivity index (χ0n) is 22.9. The van der Waals surface area contributed by atoms with E-state index in [0.29, 0.717) is 12.8 Å². The van der Waals surface area contributed by atoms with E-state index in [-0.39, 0.29) is 53.5 Å². The second-order valence-corrected chi connectivity index (χ2v) is 13.9. The van der Waals surface area contributed by atoms with Crippen molar-refractivity contribution in [3.05, 3.63) is 42.0 Å². The highest BCUT2D eigenvalue weighted by Gasteiger charge is 2.76. The average Bonchev–Trinajstić information content (AvgIpc) is 3.45. The number of esters is 1. The van der Waals surface area contributed by atoms with Gasteiger partial charge >= 0.3 is 5.97 Å². The molecule has 0 saturated carbocycles. The Hall–Kier alpha value is -1.84. The molecule has 7 nitrogen and oxygen atoms in total. The van der Waals surface area contributed by atoms with E-state index in [1.807, 2.05) is 45.9 Å². The zero-order chi connectivity index (χ0) is 27.9. The number of aliphatic hydroxyl groups excluding tert-OH is 1. The molecule has 208 valence electrons. The molecule has 1 aromatic carbocycles. The summed E-state index contributed by atoms with van der Waals surface area (Å²) in [6.07, 6.45) is 2.83. The van der Waals surface area contributed by atoms with Crippen molar-refractivity contribution in [3.63, 3.8) is 0 Å². The van der Waals surface area contributed by atoms with Crippen LogP contribution in [0, 0.1) is 31.6 Å². The van der Waals surface area contributed by atoms with Gasteiger partial charge in [0.15, 0.2) is 0 Å². The summed E-state index contributed by atoms with van der Waals surface area (Å²) in [6, 6.07) is 4.62. The molecule has 3 unspecified atom stereocenters. The number of carbonyl (C=O) groups excluding carboxylic acids is 3. The van der Waals surface area contributed by atoms with Crippen LogP contribution in [0.15, 0.2) is 30.9 Å². The number of benzene rings is 1. The highest BCUT2D eigenvalue weighted by atomic mass is 79.9. The van der Waals surface area contributed by atoms with Gasteiger partial charge in [-0.3, -0.25) is 14.4 Å². The quantitative estimate of drug-likeness (QED) is 0.243. The topological polar surface area (TPSA) is 87.2 Å². The Morgan fingerprint density at radius 3 is 2.68 bits per heavy atom. The van der Waals surface area contributed by atoms with Gasteiger partial charge in [0.1, 0.15) is 6.04 Å². The van der Waals surface area contributed by atoms with Crippen molar-refractivity contribution >= 4 is 51.2 Å². The van der Waals surface area contributed by atoms with Crippen LogP contribution < -0.4 is 4.90 Å². The van der Waals surface area contributed by atoms with E-state index < -0.39 is 28.7 Å². The molecule has 3 fully saturated rings. The van der Waals surface area contributed by atoms with Gasteiger partial charge in [-0.05, 0) is 56.7 Å². The zero-order valence-corrected chi connectivity index (χ0v) is 25.3. The van der Waals surface area contributed by atoms with Crippen LogP contribution in [-0.2, 0) is 19.1 Å². The largest absolute Gasteiger partial charge is 0.466 e. The molecule has 1 aromatic rings. The maximum atomic E-state index is 14.8. The number of hydrogen-bond acceptors (Lipinski definition) is 6.